The minimum Gasteiger partial charge on any atom is -0.454 e. The minimum atomic E-state index is 0.321. The molecular weight excluding hydrogens is 294 g/mol. The summed E-state index contributed by atoms with van der Waals surface area (Å²) in [5.74, 6) is 3.59. The second-order valence-electron chi connectivity index (χ2n) is 6.19. The first kappa shape index (κ1) is 14.5. The molecule has 1 aromatic heterocycles. The fourth-order valence-electron chi connectivity index (χ4n) is 3.22. The van der Waals surface area contributed by atoms with Crippen molar-refractivity contribution in [3.8, 4) is 11.5 Å². The van der Waals surface area contributed by atoms with Crippen LogP contribution in [0, 0.1) is 0 Å². The Morgan fingerprint density at radius 1 is 1.22 bits per heavy atom. The lowest BCUT2D eigenvalue weighted by Crippen LogP contribution is -2.19. The van der Waals surface area contributed by atoms with Crippen LogP contribution in [0.3, 0.4) is 0 Å². The molecule has 0 N–H and O–H groups in total. The van der Waals surface area contributed by atoms with E-state index in [1.807, 2.05) is 6.07 Å². The van der Waals surface area contributed by atoms with E-state index in [2.05, 4.69) is 34.2 Å². The van der Waals surface area contributed by atoms with Gasteiger partial charge in [0.1, 0.15) is 0 Å². The summed E-state index contributed by atoms with van der Waals surface area (Å²) < 4.78 is 16.6. The van der Waals surface area contributed by atoms with Gasteiger partial charge >= 0.3 is 0 Å². The fraction of sp³-hybridized carbons (Fsp3) is 0.529. The quantitative estimate of drug-likeness (QED) is 0.845. The molecule has 1 unspecified atom stereocenters. The van der Waals surface area contributed by atoms with E-state index in [1.54, 1.807) is 0 Å². The third-order valence-corrected chi connectivity index (χ3v) is 4.41. The van der Waals surface area contributed by atoms with E-state index in [0.29, 0.717) is 12.7 Å². The van der Waals surface area contributed by atoms with Gasteiger partial charge in [-0.25, -0.2) is 0 Å². The summed E-state index contributed by atoms with van der Waals surface area (Å²) in [7, 11) is 0. The molecule has 1 saturated heterocycles. The van der Waals surface area contributed by atoms with E-state index < -0.39 is 0 Å². The van der Waals surface area contributed by atoms with Crippen LogP contribution in [-0.4, -0.2) is 35.0 Å². The van der Waals surface area contributed by atoms with E-state index in [1.165, 1.54) is 5.56 Å². The summed E-state index contributed by atoms with van der Waals surface area (Å²) in [4.78, 5) is 2.42. The van der Waals surface area contributed by atoms with Crippen LogP contribution in [0.2, 0.25) is 0 Å². The highest BCUT2D eigenvalue weighted by Gasteiger charge is 2.28. The van der Waals surface area contributed by atoms with Crippen molar-refractivity contribution in [1.29, 1.82) is 0 Å². The van der Waals surface area contributed by atoms with Gasteiger partial charge in [-0.2, -0.15) is 0 Å². The molecule has 1 fully saturated rings. The SMILES string of the molecule is CCCc1nnc(C2CCN(Cc3ccc4c(c3)OCO4)C2)o1. The van der Waals surface area contributed by atoms with Crippen LogP contribution >= 0.6 is 0 Å². The predicted molar refractivity (Wildman–Crippen MR) is 83.5 cm³/mol. The Morgan fingerprint density at radius 3 is 3.04 bits per heavy atom. The molecule has 0 amide bonds. The second-order valence-corrected chi connectivity index (χ2v) is 6.19. The summed E-state index contributed by atoms with van der Waals surface area (Å²) in [5.41, 5.74) is 1.24. The van der Waals surface area contributed by atoms with Crippen LogP contribution in [0.4, 0.5) is 0 Å². The van der Waals surface area contributed by atoms with Crippen LogP contribution in [0.15, 0.2) is 22.6 Å². The van der Waals surface area contributed by atoms with Crippen molar-refractivity contribution >= 4 is 0 Å². The Hall–Kier alpha value is -2.08. The number of likely N-dealkylation sites (tertiary alicyclic amines) is 1. The minimum absolute atomic E-state index is 0.321. The van der Waals surface area contributed by atoms with Gasteiger partial charge in [-0.3, -0.25) is 4.90 Å². The van der Waals surface area contributed by atoms with Gasteiger partial charge in [-0.05, 0) is 37.1 Å². The predicted octanol–water partition coefficient (Wildman–Crippen LogP) is 2.74. The number of ether oxygens (including phenoxy) is 2. The molecule has 0 bridgehead atoms. The molecule has 6 nitrogen and oxygen atoms in total. The lowest BCUT2D eigenvalue weighted by molar-refractivity contribution is 0.174. The second kappa shape index (κ2) is 6.20. The first-order chi connectivity index (χ1) is 11.3. The molecule has 0 aliphatic carbocycles. The lowest BCUT2D eigenvalue weighted by atomic mass is 10.1. The topological polar surface area (TPSA) is 60.6 Å². The zero-order chi connectivity index (χ0) is 15.6. The molecule has 1 atom stereocenters. The molecule has 23 heavy (non-hydrogen) atoms. The first-order valence-electron chi connectivity index (χ1n) is 8.25. The Balaban J connectivity index is 1.38. The number of nitrogens with zero attached hydrogens (tertiary/aromatic N) is 3. The van der Waals surface area contributed by atoms with Gasteiger partial charge in [0.2, 0.25) is 18.6 Å². The van der Waals surface area contributed by atoms with E-state index in [9.17, 15) is 0 Å². The molecule has 4 rings (SSSR count). The molecule has 0 spiro atoms. The molecule has 1 aromatic carbocycles. The molecule has 0 saturated carbocycles. The molecule has 2 aliphatic rings. The Morgan fingerprint density at radius 2 is 2.13 bits per heavy atom. The van der Waals surface area contributed by atoms with Crippen LogP contribution in [0.25, 0.3) is 0 Å². The normalized spacial score (nSPS) is 20.3. The number of benzene rings is 1. The molecule has 0 radical (unpaired) electrons. The number of aromatic nitrogens is 2. The summed E-state index contributed by atoms with van der Waals surface area (Å²) in [6.07, 6.45) is 2.96. The van der Waals surface area contributed by atoms with Gasteiger partial charge in [-0.15, -0.1) is 10.2 Å². The zero-order valence-corrected chi connectivity index (χ0v) is 13.3. The van der Waals surface area contributed by atoms with Gasteiger partial charge < -0.3 is 13.9 Å². The third-order valence-electron chi connectivity index (χ3n) is 4.41. The van der Waals surface area contributed by atoms with Crippen molar-refractivity contribution in [2.75, 3.05) is 19.9 Å². The molecule has 122 valence electrons. The average molecular weight is 315 g/mol. The number of aryl methyl sites for hydroxylation is 1. The van der Waals surface area contributed by atoms with Crippen molar-refractivity contribution in [3.05, 3.63) is 35.5 Å². The van der Waals surface area contributed by atoms with E-state index in [-0.39, 0.29) is 0 Å². The Bertz CT molecular complexity index is 685. The number of hydrogen-bond acceptors (Lipinski definition) is 6. The lowest BCUT2D eigenvalue weighted by Gasteiger charge is -2.15. The third kappa shape index (κ3) is 3.03. The molecule has 2 aromatic rings. The monoisotopic (exact) mass is 315 g/mol. The highest BCUT2D eigenvalue weighted by Crippen LogP contribution is 2.34. The van der Waals surface area contributed by atoms with E-state index >= 15 is 0 Å². The maximum Gasteiger partial charge on any atom is 0.231 e. The molecule has 6 heteroatoms. The van der Waals surface area contributed by atoms with Crippen molar-refractivity contribution in [2.24, 2.45) is 0 Å². The van der Waals surface area contributed by atoms with Crippen molar-refractivity contribution in [3.63, 3.8) is 0 Å². The van der Waals surface area contributed by atoms with Crippen LogP contribution < -0.4 is 9.47 Å². The first-order valence-corrected chi connectivity index (χ1v) is 8.25. The van der Waals surface area contributed by atoms with E-state index in [0.717, 1.165) is 62.2 Å². The summed E-state index contributed by atoms with van der Waals surface area (Å²) in [6.45, 7) is 5.35. The van der Waals surface area contributed by atoms with Crippen molar-refractivity contribution < 1.29 is 13.9 Å². The standard InChI is InChI=1S/C17H21N3O3/c1-2-3-16-18-19-17(23-16)13-6-7-20(10-13)9-12-4-5-14-15(8-12)22-11-21-14/h4-5,8,13H,2-3,6-7,9-11H2,1H3. The Kier molecular flexibility index (Phi) is 3.91. The largest absolute Gasteiger partial charge is 0.454 e. The van der Waals surface area contributed by atoms with Gasteiger partial charge in [0.25, 0.3) is 0 Å². The van der Waals surface area contributed by atoms with E-state index in [4.69, 9.17) is 13.9 Å². The smallest absolute Gasteiger partial charge is 0.231 e. The highest BCUT2D eigenvalue weighted by molar-refractivity contribution is 5.44. The molecule has 3 heterocycles. The van der Waals surface area contributed by atoms with Gasteiger partial charge in [0.15, 0.2) is 11.5 Å². The van der Waals surface area contributed by atoms with Crippen LogP contribution in [-0.2, 0) is 13.0 Å². The van der Waals surface area contributed by atoms with Gasteiger partial charge in [0, 0.05) is 19.5 Å². The molecular formula is C17H21N3O3. The number of hydrogen-bond donors (Lipinski definition) is 0. The average Bonchev–Trinajstić information content (AvgIpc) is 3.26. The van der Waals surface area contributed by atoms with Crippen LogP contribution in [0.1, 0.15) is 43.0 Å². The summed E-state index contributed by atoms with van der Waals surface area (Å²) in [6, 6.07) is 6.16. The molecule has 2 aliphatic heterocycles. The highest BCUT2D eigenvalue weighted by atomic mass is 16.7. The van der Waals surface area contributed by atoms with Crippen molar-refractivity contribution in [2.45, 2.75) is 38.6 Å². The fourth-order valence-corrected chi connectivity index (χ4v) is 3.22. The van der Waals surface area contributed by atoms with Crippen molar-refractivity contribution in [1.82, 2.24) is 15.1 Å². The Labute approximate surface area is 135 Å². The maximum absolute atomic E-state index is 5.78. The summed E-state index contributed by atoms with van der Waals surface area (Å²) in [5, 5.41) is 8.36. The van der Waals surface area contributed by atoms with Gasteiger partial charge in [0.05, 0.1) is 5.92 Å². The number of fused-ring (bicyclic) bond motifs is 1. The number of rotatable bonds is 5. The maximum atomic E-state index is 5.78. The van der Waals surface area contributed by atoms with Crippen LogP contribution in [0.5, 0.6) is 11.5 Å². The zero-order valence-electron chi connectivity index (χ0n) is 13.3. The summed E-state index contributed by atoms with van der Waals surface area (Å²) >= 11 is 0. The van der Waals surface area contributed by atoms with Gasteiger partial charge in [-0.1, -0.05) is 13.0 Å².